The Hall–Kier alpha value is -4.92. The quantitative estimate of drug-likeness (QED) is 0.0640. The van der Waals surface area contributed by atoms with Gasteiger partial charge in [0.2, 0.25) is 5.91 Å². The third-order valence-electron chi connectivity index (χ3n) is 10.8. The molecular formula is C40H43N5O8S. The van der Waals surface area contributed by atoms with Gasteiger partial charge in [0.15, 0.2) is 0 Å². The number of benzene rings is 3. The zero-order valence-electron chi connectivity index (χ0n) is 29.9. The average molecular weight is 754 g/mol. The minimum Gasteiger partial charge on any atom is -0.494 e. The van der Waals surface area contributed by atoms with Crippen molar-refractivity contribution in [3.63, 3.8) is 0 Å². The number of hydrogen-bond acceptors (Lipinski definition) is 11. The largest absolute Gasteiger partial charge is 0.494 e. The summed E-state index contributed by atoms with van der Waals surface area (Å²) in [7, 11) is 0. The number of nitro benzene ring substituents is 1. The van der Waals surface area contributed by atoms with E-state index in [1.807, 2.05) is 18.2 Å². The molecule has 0 aromatic heterocycles. The topological polar surface area (TPSA) is 153 Å². The van der Waals surface area contributed by atoms with Gasteiger partial charge in [0, 0.05) is 53.6 Å². The summed E-state index contributed by atoms with van der Waals surface area (Å²) in [5.41, 5.74) is 3.08. The van der Waals surface area contributed by atoms with E-state index in [0.717, 1.165) is 96.4 Å². The molecule has 4 aliphatic heterocycles. The lowest BCUT2D eigenvalue weighted by atomic mass is 9.91. The normalized spacial score (nSPS) is 22.4. The van der Waals surface area contributed by atoms with E-state index in [1.54, 1.807) is 30.3 Å². The number of hydrogen-bond donors (Lipinski definition) is 2. The Morgan fingerprint density at radius 1 is 0.815 bits per heavy atom. The van der Waals surface area contributed by atoms with Gasteiger partial charge in [0.1, 0.15) is 23.6 Å². The summed E-state index contributed by atoms with van der Waals surface area (Å²) in [6.45, 7) is 7.37. The highest BCUT2D eigenvalue weighted by Gasteiger charge is 2.44. The van der Waals surface area contributed by atoms with Crippen molar-refractivity contribution in [2.24, 2.45) is 0 Å². The fourth-order valence-electron chi connectivity index (χ4n) is 7.72. The molecule has 282 valence electrons. The Labute approximate surface area is 317 Å². The third-order valence-corrected chi connectivity index (χ3v) is 11.9. The molecule has 54 heavy (non-hydrogen) atoms. The van der Waals surface area contributed by atoms with E-state index in [0.29, 0.717) is 36.5 Å². The number of piperidine rings is 2. The summed E-state index contributed by atoms with van der Waals surface area (Å²) in [5.74, 6) is 0.0582. The minimum absolute atomic E-state index is 0.0771. The Kier molecular flexibility index (Phi) is 10.3. The summed E-state index contributed by atoms with van der Waals surface area (Å²) in [6.07, 6.45) is 8.27. The Balaban J connectivity index is 0.696. The van der Waals surface area contributed by atoms with Crippen LogP contribution in [0.4, 0.5) is 17.1 Å². The first-order valence-electron chi connectivity index (χ1n) is 18.7. The number of likely N-dealkylation sites (tertiary alicyclic amines) is 1. The zero-order valence-corrected chi connectivity index (χ0v) is 30.7. The fourth-order valence-corrected chi connectivity index (χ4v) is 8.77. The molecule has 1 unspecified atom stereocenters. The van der Waals surface area contributed by atoms with Gasteiger partial charge in [-0.15, -0.1) is 0 Å². The molecule has 8 rings (SSSR count). The van der Waals surface area contributed by atoms with Crippen molar-refractivity contribution in [1.29, 1.82) is 0 Å². The van der Waals surface area contributed by atoms with E-state index in [2.05, 4.69) is 22.1 Å². The van der Waals surface area contributed by atoms with E-state index in [1.165, 1.54) is 17.8 Å². The molecule has 3 aromatic carbocycles. The van der Waals surface area contributed by atoms with Crippen molar-refractivity contribution in [1.82, 2.24) is 15.1 Å². The standard InChI is InChI=1S/C40H43N5O8S/c1-24-5-12-35(38(46)41-24)44-39(47)31-9-7-27(22-32(31)40(44)48)51-18-4-2-3-15-43-16-13-26(14-17-43)52-29-20-30(21-29)53-28-8-11-34-37(23-28)54-36-19-25(45(49)50)6-10-33(36)42-34/h6-11,19,22-23,26,29-30,35,42H,1-5,12-18,20-21H2,(H,41,46). The lowest BCUT2D eigenvalue weighted by Gasteiger charge is -2.40. The maximum absolute atomic E-state index is 13.1. The second kappa shape index (κ2) is 15.4. The first-order chi connectivity index (χ1) is 26.2. The number of carbonyl (C=O) groups excluding carboxylic acids is 3. The number of rotatable bonds is 13. The minimum atomic E-state index is -0.828. The lowest BCUT2D eigenvalue weighted by molar-refractivity contribution is -0.385. The molecule has 1 atom stereocenters. The maximum Gasteiger partial charge on any atom is 0.270 e. The fraction of sp³-hybridized carbons (Fsp3) is 0.425. The molecule has 14 heteroatoms. The van der Waals surface area contributed by atoms with Crippen LogP contribution in [0.15, 0.2) is 76.7 Å². The van der Waals surface area contributed by atoms with Crippen LogP contribution in [0.3, 0.4) is 0 Å². The third kappa shape index (κ3) is 7.68. The molecule has 1 saturated carbocycles. The number of nitrogens with one attached hydrogen (secondary N) is 2. The first-order valence-corrected chi connectivity index (χ1v) is 19.6. The lowest BCUT2D eigenvalue weighted by Crippen LogP contribution is -2.51. The number of amides is 3. The summed E-state index contributed by atoms with van der Waals surface area (Å²) >= 11 is 1.51. The van der Waals surface area contributed by atoms with E-state index >= 15 is 0 Å². The van der Waals surface area contributed by atoms with Crippen molar-refractivity contribution in [2.45, 2.75) is 91.9 Å². The second-order valence-electron chi connectivity index (χ2n) is 14.6. The van der Waals surface area contributed by atoms with Crippen LogP contribution < -0.4 is 20.1 Å². The number of carbonyl (C=O) groups is 3. The van der Waals surface area contributed by atoms with Crippen LogP contribution in [0.25, 0.3) is 0 Å². The van der Waals surface area contributed by atoms with Gasteiger partial charge in [0.25, 0.3) is 17.5 Å². The van der Waals surface area contributed by atoms with E-state index in [-0.39, 0.29) is 40.4 Å². The average Bonchev–Trinajstić information content (AvgIpc) is 3.39. The molecule has 2 saturated heterocycles. The van der Waals surface area contributed by atoms with E-state index in [9.17, 15) is 24.5 Å². The highest BCUT2D eigenvalue weighted by Crippen LogP contribution is 2.47. The molecule has 3 amide bonds. The maximum atomic E-state index is 13.1. The highest BCUT2D eigenvalue weighted by molar-refractivity contribution is 7.99. The second-order valence-corrected chi connectivity index (χ2v) is 15.7. The number of ether oxygens (including phenoxy) is 3. The van der Waals surface area contributed by atoms with Gasteiger partial charge in [-0.3, -0.25) is 29.4 Å². The number of imide groups is 1. The van der Waals surface area contributed by atoms with Gasteiger partial charge < -0.3 is 29.7 Å². The number of fused-ring (bicyclic) bond motifs is 3. The van der Waals surface area contributed by atoms with Gasteiger partial charge in [-0.25, -0.2) is 0 Å². The predicted octanol–water partition coefficient (Wildman–Crippen LogP) is 6.83. The Bertz CT molecular complexity index is 1990. The van der Waals surface area contributed by atoms with Gasteiger partial charge in [-0.1, -0.05) is 18.3 Å². The molecule has 0 spiro atoms. The van der Waals surface area contributed by atoms with Crippen molar-refractivity contribution in [2.75, 3.05) is 31.6 Å². The van der Waals surface area contributed by atoms with E-state index in [4.69, 9.17) is 14.2 Å². The Morgan fingerprint density at radius 3 is 2.33 bits per heavy atom. The number of nitrogens with zero attached hydrogens (tertiary/aromatic N) is 3. The molecule has 0 radical (unpaired) electrons. The van der Waals surface area contributed by atoms with Crippen LogP contribution in [0.1, 0.15) is 78.5 Å². The smallest absolute Gasteiger partial charge is 0.270 e. The van der Waals surface area contributed by atoms with Crippen LogP contribution in [0.2, 0.25) is 0 Å². The SMILES string of the molecule is C=C1CCC(N2C(=O)c3ccc(OCCCCCN4CCC(OC5CC(Oc6ccc7c(c6)Sc6cc([N+](=O)[O-])ccc6N7)C5)CC4)cc3C2=O)C(=O)N1. The number of allylic oxidation sites excluding steroid dienone is 1. The molecule has 1 aliphatic carbocycles. The molecular weight excluding hydrogens is 711 g/mol. The van der Waals surface area contributed by atoms with Crippen LogP contribution >= 0.6 is 11.8 Å². The number of unbranched alkanes of at least 4 members (excludes halogenated alkanes) is 2. The van der Waals surface area contributed by atoms with Crippen LogP contribution in [0.5, 0.6) is 11.5 Å². The summed E-state index contributed by atoms with van der Waals surface area (Å²) < 4.78 is 18.6. The number of non-ortho nitro benzene ring substituents is 1. The molecule has 2 N–H and O–H groups in total. The van der Waals surface area contributed by atoms with Gasteiger partial charge >= 0.3 is 0 Å². The molecule has 0 bridgehead atoms. The van der Waals surface area contributed by atoms with Gasteiger partial charge in [-0.2, -0.15) is 0 Å². The van der Waals surface area contributed by atoms with Crippen molar-refractivity contribution >= 4 is 46.5 Å². The summed E-state index contributed by atoms with van der Waals surface area (Å²) in [6, 6.07) is 14.9. The van der Waals surface area contributed by atoms with Crippen molar-refractivity contribution in [3.05, 3.63) is 88.1 Å². The van der Waals surface area contributed by atoms with Crippen molar-refractivity contribution in [3.8, 4) is 11.5 Å². The summed E-state index contributed by atoms with van der Waals surface area (Å²) in [4.78, 5) is 54.7. The molecule has 5 aliphatic rings. The monoisotopic (exact) mass is 753 g/mol. The predicted molar refractivity (Wildman–Crippen MR) is 202 cm³/mol. The molecule has 3 aromatic rings. The van der Waals surface area contributed by atoms with E-state index < -0.39 is 17.9 Å². The highest BCUT2D eigenvalue weighted by atomic mass is 32.2. The van der Waals surface area contributed by atoms with Gasteiger partial charge in [0.05, 0.1) is 46.2 Å². The zero-order chi connectivity index (χ0) is 37.3. The molecule has 13 nitrogen and oxygen atoms in total. The van der Waals surface area contributed by atoms with Crippen LogP contribution in [0, 0.1) is 10.1 Å². The van der Waals surface area contributed by atoms with Gasteiger partial charge in [-0.05, 0) is 94.0 Å². The van der Waals surface area contributed by atoms with Crippen molar-refractivity contribution < 1.29 is 33.5 Å². The van der Waals surface area contributed by atoms with Crippen LogP contribution in [-0.4, -0.2) is 83.0 Å². The number of anilines is 2. The summed E-state index contributed by atoms with van der Waals surface area (Å²) in [5, 5.41) is 17.2. The molecule has 4 heterocycles. The van der Waals surface area contributed by atoms with Crippen LogP contribution in [-0.2, 0) is 9.53 Å². The molecule has 3 fully saturated rings. The number of nitro groups is 1. The first kappa shape index (κ1) is 36.1. The Morgan fingerprint density at radius 2 is 1.56 bits per heavy atom.